The van der Waals surface area contributed by atoms with Gasteiger partial charge in [0.25, 0.3) is 0 Å². The van der Waals surface area contributed by atoms with E-state index in [1.54, 1.807) is 0 Å². The lowest BCUT2D eigenvalue weighted by atomic mass is 10.1. The summed E-state index contributed by atoms with van der Waals surface area (Å²) in [7, 11) is 0. The molecular weight excluding hydrogens is 310 g/mol. The molecular formula is C20H27N5. The maximum atomic E-state index is 4.72. The van der Waals surface area contributed by atoms with Crippen LogP contribution in [0, 0.1) is 6.92 Å². The van der Waals surface area contributed by atoms with E-state index >= 15 is 0 Å². The maximum absolute atomic E-state index is 4.72. The number of rotatable bonds is 4. The van der Waals surface area contributed by atoms with Crippen LogP contribution in [0.5, 0.6) is 0 Å². The first-order chi connectivity index (χ1) is 12.3. The summed E-state index contributed by atoms with van der Waals surface area (Å²) >= 11 is 0. The van der Waals surface area contributed by atoms with Crippen molar-refractivity contribution in [3.8, 4) is 0 Å². The molecule has 2 aliphatic heterocycles. The van der Waals surface area contributed by atoms with Gasteiger partial charge in [-0.1, -0.05) is 0 Å². The van der Waals surface area contributed by atoms with Gasteiger partial charge in [-0.05, 0) is 63.3 Å². The Balaban J connectivity index is 1.47. The molecule has 0 atom stereocenters. The molecule has 132 valence electrons. The van der Waals surface area contributed by atoms with Crippen LogP contribution in [0.1, 0.15) is 37.8 Å². The van der Waals surface area contributed by atoms with Crippen molar-refractivity contribution >= 4 is 23.1 Å². The molecule has 2 saturated heterocycles. The quantitative estimate of drug-likeness (QED) is 0.909. The second kappa shape index (κ2) is 7.30. The summed E-state index contributed by atoms with van der Waals surface area (Å²) < 4.78 is 0. The molecule has 0 radical (unpaired) electrons. The molecule has 1 N–H and O–H groups in total. The predicted octanol–water partition coefficient (Wildman–Crippen LogP) is 4.12. The fraction of sp³-hybridized carbons (Fsp3) is 0.500. The van der Waals surface area contributed by atoms with Gasteiger partial charge in [0, 0.05) is 49.3 Å². The molecule has 25 heavy (non-hydrogen) atoms. The average Bonchev–Trinajstić information content (AvgIpc) is 3.17. The second-order valence-corrected chi connectivity index (χ2v) is 7.11. The molecule has 5 nitrogen and oxygen atoms in total. The first kappa shape index (κ1) is 16.2. The van der Waals surface area contributed by atoms with E-state index in [-0.39, 0.29) is 0 Å². The third kappa shape index (κ3) is 3.86. The summed E-state index contributed by atoms with van der Waals surface area (Å²) in [6.45, 7) is 6.51. The first-order valence-electron chi connectivity index (χ1n) is 9.51. The predicted molar refractivity (Wildman–Crippen MR) is 104 cm³/mol. The smallest absolute Gasteiger partial charge is 0.227 e. The lowest BCUT2D eigenvalue weighted by Crippen LogP contribution is -2.29. The standard InChI is InChI=1S/C20H27N5/c1-16-15-19(23-20(21-16)25-13-5-6-14-25)22-17-7-9-18(10-8-17)24-11-3-2-4-12-24/h7-10,15H,2-6,11-14H2,1H3,(H,21,22,23). The zero-order valence-electron chi connectivity index (χ0n) is 15.0. The van der Waals surface area contributed by atoms with Gasteiger partial charge < -0.3 is 15.1 Å². The number of hydrogen-bond donors (Lipinski definition) is 1. The summed E-state index contributed by atoms with van der Waals surface area (Å²) in [5.74, 6) is 1.73. The fourth-order valence-electron chi connectivity index (χ4n) is 3.73. The number of nitrogens with zero attached hydrogens (tertiary/aromatic N) is 4. The second-order valence-electron chi connectivity index (χ2n) is 7.11. The van der Waals surface area contributed by atoms with Gasteiger partial charge in [-0.15, -0.1) is 0 Å². The number of nitrogens with one attached hydrogen (secondary N) is 1. The Hall–Kier alpha value is -2.30. The third-order valence-corrected chi connectivity index (χ3v) is 5.09. The highest BCUT2D eigenvalue weighted by Crippen LogP contribution is 2.24. The molecule has 1 aromatic carbocycles. The summed E-state index contributed by atoms with van der Waals surface area (Å²) in [6, 6.07) is 10.7. The van der Waals surface area contributed by atoms with Crippen molar-refractivity contribution in [2.45, 2.75) is 39.0 Å². The molecule has 0 spiro atoms. The topological polar surface area (TPSA) is 44.3 Å². The Morgan fingerprint density at radius 3 is 2.16 bits per heavy atom. The highest BCUT2D eigenvalue weighted by atomic mass is 15.3. The number of anilines is 4. The molecule has 3 heterocycles. The van der Waals surface area contributed by atoms with Crippen LogP contribution in [0.2, 0.25) is 0 Å². The van der Waals surface area contributed by atoms with Crippen molar-refractivity contribution in [1.29, 1.82) is 0 Å². The molecule has 0 bridgehead atoms. The van der Waals surface area contributed by atoms with Crippen LogP contribution in [0.4, 0.5) is 23.1 Å². The Bertz CT molecular complexity index is 701. The van der Waals surface area contributed by atoms with Crippen LogP contribution in [-0.2, 0) is 0 Å². The van der Waals surface area contributed by atoms with Crippen molar-refractivity contribution in [2.75, 3.05) is 41.3 Å². The molecule has 2 aromatic rings. The van der Waals surface area contributed by atoms with Crippen molar-refractivity contribution in [3.63, 3.8) is 0 Å². The van der Waals surface area contributed by atoms with E-state index in [9.17, 15) is 0 Å². The Labute approximate surface area is 150 Å². The van der Waals surface area contributed by atoms with Gasteiger partial charge >= 0.3 is 0 Å². The van der Waals surface area contributed by atoms with Crippen molar-refractivity contribution in [2.24, 2.45) is 0 Å². The highest BCUT2D eigenvalue weighted by Gasteiger charge is 2.16. The third-order valence-electron chi connectivity index (χ3n) is 5.09. The zero-order valence-corrected chi connectivity index (χ0v) is 15.0. The van der Waals surface area contributed by atoms with Crippen molar-refractivity contribution < 1.29 is 0 Å². The fourth-order valence-corrected chi connectivity index (χ4v) is 3.73. The van der Waals surface area contributed by atoms with Crippen LogP contribution < -0.4 is 15.1 Å². The van der Waals surface area contributed by atoms with E-state index in [1.165, 1.54) is 50.9 Å². The minimum absolute atomic E-state index is 0.852. The van der Waals surface area contributed by atoms with Crippen LogP contribution in [0.15, 0.2) is 30.3 Å². The molecule has 5 heteroatoms. The van der Waals surface area contributed by atoms with E-state index in [4.69, 9.17) is 4.98 Å². The number of piperidine rings is 1. The van der Waals surface area contributed by atoms with E-state index in [0.717, 1.165) is 36.2 Å². The molecule has 0 unspecified atom stereocenters. The number of aromatic nitrogens is 2. The zero-order chi connectivity index (χ0) is 17.1. The van der Waals surface area contributed by atoms with Crippen molar-refractivity contribution in [1.82, 2.24) is 9.97 Å². The van der Waals surface area contributed by atoms with Gasteiger partial charge in [0.2, 0.25) is 5.95 Å². The van der Waals surface area contributed by atoms with E-state index in [1.807, 2.05) is 13.0 Å². The summed E-state index contributed by atoms with van der Waals surface area (Å²) in [6.07, 6.45) is 6.44. The normalized spacial score (nSPS) is 17.8. The summed E-state index contributed by atoms with van der Waals surface area (Å²) in [5, 5.41) is 3.44. The van der Waals surface area contributed by atoms with Gasteiger partial charge in [-0.2, -0.15) is 4.98 Å². The van der Waals surface area contributed by atoms with Gasteiger partial charge in [0.05, 0.1) is 0 Å². The minimum Gasteiger partial charge on any atom is -0.372 e. The average molecular weight is 337 g/mol. The molecule has 4 rings (SSSR count). The van der Waals surface area contributed by atoms with Gasteiger partial charge in [0.15, 0.2) is 0 Å². The monoisotopic (exact) mass is 337 g/mol. The molecule has 0 amide bonds. The van der Waals surface area contributed by atoms with Gasteiger partial charge in [-0.25, -0.2) is 4.98 Å². The van der Waals surface area contributed by atoms with E-state index in [2.05, 4.69) is 44.4 Å². The maximum Gasteiger partial charge on any atom is 0.227 e. The van der Waals surface area contributed by atoms with E-state index in [0.29, 0.717) is 0 Å². The Kier molecular flexibility index (Phi) is 4.72. The molecule has 0 saturated carbocycles. The van der Waals surface area contributed by atoms with Crippen LogP contribution in [0.25, 0.3) is 0 Å². The van der Waals surface area contributed by atoms with Crippen LogP contribution >= 0.6 is 0 Å². The first-order valence-corrected chi connectivity index (χ1v) is 9.51. The van der Waals surface area contributed by atoms with Crippen LogP contribution in [-0.4, -0.2) is 36.1 Å². The van der Waals surface area contributed by atoms with E-state index < -0.39 is 0 Å². The highest BCUT2D eigenvalue weighted by molar-refractivity contribution is 5.62. The Morgan fingerprint density at radius 1 is 0.800 bits per heavy atom. The van der Waals surface area contributed by atoms with Gasteiger partial charge in [-0.3, -0.25) is 0 Å². The lowest BCUT2D eigenvalue weighted by Gasteiger charge is -2.28. The summed E-state index contributed by atoms with van der Waals surface area (Å²) in [5.41, 5.74) is 3.40. The van der Waals surface area contributed by atoms with Crippen LogP contribution in [0.3, 0.4) is 0 Å². The van der Waals surface area contributed by atoms with Gasteiger partial charge in [0.1, 0.15) is 5.82 Å². The number of hydrogen-bond acceptors (Lipinski definition) is 5. The Morgan fingerprint density at radius 2 is 1.44 bits per heavy atom. The SMILES string of the molecule is Cc1cc(Nc2ccc(N3CCCCC3)cc2)nc(N2CCCC2)n1. The molecule has 0 aliphatic carbocycles. The minimum atomic E-state index is 0.852. The molecule has 1 aromatic heterocycles. The number of benzene rings is 1. The van der Waals surface area contributed by atoms with Crippen molar-refractivity contribution in [3.05, 3.63) is 36.0 Å². The molecule has 2 aliphatic rings. The number of aryl methyl sites for hydroxylation is 1. The lowest BCUT2D eigenvalue weighted by molar-refractivity contribution is 0.578. The summed E-state index contributed by atoms with van der Waals surface area (Å²) in [4.78, 5) is 14.1. The molecule has 2 fully saturated rings. The largest absolute Gasteiger partial charge is 0.372 e.